The van der Waals surface area contributed by atoms with Crippen molar-refractivity contribution < 1.29 is 59.4 Å². The van der Waals surface area contributed by atoms with E-state index in [1.165, 1.54) is 7.11 Å². The van der Waals surface area contributed by atoms with E-state index in [-0.39, 0.29) is 28.8 Å². The zero-order chi connectivity index (χ0) is 33.3. The van der Waals surface area contributed by atoms with Crippen molar-refractivity contribution in [3.8, 4) is 0 Å². The van der Waals surface area contributed by atoms with Crippen molar-refractivity contribution in [2.24, 2.45) is 34.5 Å². The smallest absolute Gasteiger partial charge is 0.187 e. The van der Waals surface area contributed by atoms with Gasteiger partial charge in [0, 0.05) is 12.5 Å². The van der Waals surface area contributed by atoms with Crippen LogP contribution in [0, 0.1) is 34.5 Å². The Morgan fingerprint density at radius 1 is 0.804 bits per heavy atom. The molecule has 0 radical (unpaired) electrons. The maximum absolute atomic E-state index is 12.3. The Kier molecular flexibility index (Phi) is 9.99. The van der Waals surface area contributed by atoms with Gasteiger partial charge in [-0.3, -0.25) is 0 Å². The zero-order valence-corrected chi connectivity index (χ0v) is 28.0. The molecule has 19 unspecified atom stereocenters. The molecule has 0 spiro atoms. The van der Waals surface area contributed by atoms with Crippen LogP contribution in [0.1, 0.15) is 85.5 Å². The summed E-state index contributed by atoms with van der Waals surface area (Å²) < 4.78 is 29.8. The second-order valence-electron chi connectivity index (χ2n) is 16.0. The molecule has 7 N–H and O–H groups in total. The molecule has 12 heteroatoms. The fourth-order valence-electron chi connectivity index (χ4n) is 11.2. The monoisotopic (exact) mass is 658 g/mol. The molecule has 0 amide bonds. The first-order valence-electron chi connectivity index (χ1n) is 17.6. The highest BCUT2D eigenvalue weighted by molar-refractivity contribution is 5.17. The summed E-state index contributed by atoms with van der Waals surface area (Å²) in [7, 11) is 1.44. The second kappa shape index (κ2) is 13.0. The maximum atomic E-state index is 12.3. The Labute approximate surface area is 272 Å². The number of rotatable bonds is 7. The van der Waals surface area contributed by atoms with E-state index >= 15 is 0 Å². The molecule has 46 heavy (non-hydrogen) atoms. The van der Waals surface area contributed by atoms with Crippen molar-refractivity contribution in [1.82, 2.24) is 0 Å². The molecule has 0 aromatic carbocycles. The molecule has 0 aromatic heterocycles. The molecule has 2 aliphatic heterocycles. The summed E-state index contributed by atoms with van der Waals surface area (Å²) in [5.41, 5.74) is -0.904. The first-order valence-corrected chi connectivity index (χ1v) is 17.6. The molecule has 12 nitrogen and oxygen atoms in total. The molecule has 6 aliphatic rings. The van der Waals surface area contributed by atoms with E-state index in [0.717, 1.165) is 57.8 Å². The molecule has 0 aromatic rings. The summed E-state index contributed by atoms with van der Waals surface area (Å²) in [6.07, 6.45) is -4.14. The minimum atomic E-state index is -1.59. The molecule has 4 saturated carbocycles. The third-order valence-corrected chi connectivity index (χ3v) is 13.9. The minimum absolute atomic E-state index is 0.0848. The summed E-state index contributed by atoms with van der Waals surface area (Å²) >= 11 is 0. The van der Waals surface area contributed by atoms with Crippen molar-refractivity contribution in [1.29, 1.82) is 0 Å². The van der Waals surface area contributed by atoms with E-state index in [1.54, 1.807) is 6.92 Å². The SMILES string of the molecule is COC1C(O)C(OC2CCC3(C)C(CCC4C3CCC3(C)C(C(C)O)CCC43O)C2)OC(C)C1OC1OC(CO)C(O)C(O)C1O. The van der Waals surface area contributed by atoms with E-state index in [4.69, 9.17) is 23.7 Å². The van der Waals surface area contributed by atoms with Gasteiger partial charge in [0.1, 0.15) is 42.7 Å². The molecule has 2 saturated heterocycles. The largest absolute Gasteiger partial charge is 0.394 e. The molecule has 4 aliphatic carbocycles. The van der Waals surface area contributed by atoms with Crippen molar-refractivity contribution in [2.45, 2.75) is 165 Å². The normalized spacial score (nSPS) is 56.5. The zero-order valence-electron chi connectivity index (χ0n) is 28.0. The second-order valence-corrected chi connectivity index (χ2v) is 16.0. The number of fused-ring (bicyclic) bond motifs is 5. The first kappa shape index (κ1) is 35.3. The lowest BCUT2D eigenvalue weighted by atomic mass is 9.43. The van der Waals surface area contributed by atoms with Crippen LogP contribution in [0.25, 0.3) is 0 Å². The quantitative estimate of drug-likeness (QED) is 0.191. The van der Waals surface area contributed by atoms with Crippen LogP contribution in [0.2, 0.25) is 0 Å². The van der Waals surface area contributed by atoms with Gasteiger partial charge in [0.15, 0.2) is 12.6 Å². The van der Waals surface area contributed by atoms with Gasteiger partial charge in [0.25, 0.3) is 0 Å². The maximum Gasteiger partial charge on any atom is 0.187 e. The van der Waals surface area contributed by atoms with Crippen LogP contribution < -0.4 is 0 Å². The average molecular weight is 659 g/mol. The van der Waals surface area contributed by atoms with Crippen LogP contribution in [0.3, 0.4) is 0 Å². The molecule has 266 valence electrons. The highest BCUT2D eigenvalue weighted by Gasteiger charge is 2.67. The van der Waals surface area contributed by atoms with Gasteiger partial charge in [-0.25, -0.2) is 0 Å². The van der Waals surface area contributed by atoms with E-state index in [0.29, 0.717) is 11.8 Å². The van der Waals surface area contributed by atoms with Crippen LogP contribution >= 0.6 is 0 Å². The number of methoxy groups -OCH3 is 1. The topological polar surface area (TPSA) is 188 Å². The Bertz CT molecular complexity index is 1060. The predicted molar refractivity (Wildman–Crippen MR) is 163 cm³/mol. The number of aliphatic hydroxyl groups is 7. The van der Waals surface area contributed by atoms with Gasteiger partial charge in [0.2, 0.25) is 0 Å². The third-order valence-electron chi connectivity index (χ3n) is 13.9. The van der Waals surface area contributed by atoms with Gasteiger partial charge in [-0.15, -0.1) is 0 Å². The summed E-state index contributed by atoms with van der Waals surface area (Å²) in [6, 6.07) is 0. The van der Waals surface area contributed by atoms with Crippen LogP contribution in [0.4, 0.5) is 0 Å². The van der Waals surface area contributed by atoms with E-state index in [2.05, 4.69) is 13.8 Å². The fourth-order valence-corrected chi connectivity index (χ4v) is 11.2. The van der Waals surface area contributed by atoms with Crippen molar-refractivity contribution in [3.05, 3.63) is 0 Å². The van der Waals surface area contributed by atoms with E-state index in [1.807, 2.05) is 6.92 Å². The standard InChI is InChI=1S/C34H58O12/c1-16(36)20-10-13-34(41)22-7-6-18-14-19(8-11-32(18,3)21(22)9-12-33(20,34)4)44-31-27(40)29(42-5)28(17(2)43-31)46-30-26(39)25(38)24(37)23(15-35)45-30/h16-31,35-41H,6-15H2,1-5H3. The number of hydrogen-bond acceptors (Lipinski definition) is 12. The Morgan fingerprint density at radius 2 is 1.52 bits per heavy atom. The molecule has 6 rings (SSSR count). The van der Waals surface area contributed by atoms with E-state index < -0.39 is 79.7 Å². The highest BCUT2D eigenvalue weighted by atomic mass is 16.7. The lowest BCUT2D eigenvalue weighted by molar-refractivity contribution is -0.362. The predicted octanol–water partition coefficient (Wildman–Crippen LogP) is 0.832. The molecule has 19 atom stereocenters. The number of aliphatic hydroxyl groups excluding tert-OH is 6. The lowest BCUT2D eigenvalue weighted by Crippen LogP contribution is -2.64. The van der Waals surface area contributed by atoms with Crippen molar-refractivity contribution in [2.75, 3.05) is 13.7 Å². The van der Waals surface area contributed by atoms with Crippen LogP contribution in [-0.2, 0) is 23.7 Å². The molecule has 6 fully saturated rings. The number of hydrogen-bond donors (Lipinski definition) is 7. The highest BCUT2D eigenvalue weighted by Crippen LogP contribution is 2.69. The van der Waals surface area contributed by atoms with Gasteiger partial charge < -0.3 is 59.4 Å². The van der Waals surface area contributed by atoms with Crippen LogP contribution in [0.5, 0.6) is 0 Å². The van der Waals surface area contributed by atoms with Crippen LogP contribution in [0.15, 0.2) is 0 Å². The number of ether oxygens (including phenoxy) is 5. The fraction of sp³-hybridized carbons (Fsp3) is 1.00. The Hall–Kier alpha value is -0.480. The van der Waals surface area contributed by atoms with E-state index in [9.17, 15) is 35.7 Å². The van der Waals surface area contributed by atoms with Crippen molar-refractivity contribution in [3.63, 3.8) is 0 Å². The van der Waals surface area contributed by atoms with Gasteiger partial charge in [-0.2, -0.15) is 0 Å². The average Bonchev–Trinajstić information content (AvgIpc) is 3.31. The summed E-state index contributed by atoms with van der Waals surface area (Å²) in [6.45, 7) is 7.67. The molecule has 0 bridgehead atoms. The summed E-state index contributed by atoms with van der Waals surface area (Å²) in [4.78, 5) is 0. The van der Waals surface area contributed by atoms with Gasteiger partial charge in [-0.1, -0.05) is 13.8 Å². The van der Waals surface area contributed by atoms with Crippen molar-refractivity contribution >= 4 is 0 Å². The lowest BCUT2D eigenvalue weighted by Gasteiger charge is -2.64. The first-order chi connectivity index (χ1) is 21.7. The minimum Gasteiger partial charge on any atom is -0.394 e. The Balaban J connectivity index is 1.09. The van der Waals surface area contributed by atoms with Gasteiger partial charge >= 0.3 is 0 Å². The molecular formula is C34H58O12. The third kappa shape index (κ3) is 5.51. The summed E-state index contributed by atoms with van der Waals surface area (Å²) in [5.74, 6) is 1.22. The van der Waals surface area contributed by atoms with Gasteiger partial charge in [0.05, 0.1) is 30.5 Å². The van der Waals surface area contributed by atoms with Gasteiger partial charge in [-0.05, 0) is 101 Å². The molecular weight excluding hydrogens is 600 g/mol. The van der Waals surface area contributed by atoms with Crippen LogP contribution in [-0.4, -0.2) is 129 Å². The summed E-state index contributed by atoms with van der Waals surface area (Å²) in [5, 5.41) is 74.5. The molecule has 2 heterocycles. The Morgan fingerprint density at radius 3 is 2.20 bits per heavy atom.